The van der Waals surface area contributed by atoms with Crippen molar-refractivity contribution < 1.29 is 4.79 Å². The summed E-state index contributed by atoms with van der Waals surface area (Å²) in [6, 6.07) is 23.8. The summed E-state index contributed by atoms with van der Waals surface area (Å²) in [5, 5.41) is 6.86. The Bertz CT molecular complexity index is 851. The zero-order valence-electron chi connectivity index (χ0n) is 17.2. The molecular formula is C25H29N3OS. The van der Waals surface area contributed by atoms with Gasteiger partial charge in [-0.05, 0) is 35.5 Å². The van der Waals surface area contributed by atoms with Crippen molar-refractivity contribution in [1.82, 2.24) is 15.1 Å². The van der Waals surface area contributed by atoms with E-state index >= 15 is 0 Å². The molecule has 1 aliphatic heterocycles. The molecule has 2 aromatic carbocycles. The first-order valence-corrected chi connectivity index (χ1v) is 11.6. The minimum Gasteiger partial charge on any atom is -0.352 e. The molecule has 0 atom stereocenters. The number of thiophene rings is 1. The number of hydrogen-bond donors (Lipinski definition) is 1. The Kier molecular flexibility index (Phi) is 7.29. The van der Waals surface area contributed by atoms with Gasteiger partial charge in [-0.2, -0.15) is 11.3 Å². The summed E-state index contributed by atoms with van der Waals surface area (Å²) < 4.78 is 0. The number of nitrogens with one attached hydrogen (secondary N) is 1. The van der Waals surface area contributed by atoms with E-state index in [0.29, 0.717) is 6.04 Å². The Morgan fingerprint density at radius 1 is 0.900 bits per heavy atom. The van der Waals surface area contributed by atoms with Crippen LogP contribution in [0.4, 0.5) is 0 Å². The molecule has 0 saturated carbocycles. The molecular weight excluding hydrogens is 390 g/mol. The van der Waals surface area contributed by atoms with E-state index in [2.05, 4.69) is 75.8 Å². The Balaban J connectivity index is 1.28. The molecule has 30 heavy (non-hydrogen) atoms. The predicted molar refractivity (Wildman–Crippen MR) is 124 cm³/mol. The molecule has 1 aromatic heterocycles. The average Bonchev–Trinajstić information content (AvgIpc) is 3.34. The van der Waals surface area contributed by atoms with E-state index in [1.165, 1.54) is 11.1 Å². The summed E-state index contributed by atoms with van der Waals surface area (Å²) >= 11 is 1.56. The summed E-state index contributed by atoms with van der Waals surface area (Å²) in [6.07, 6.45) is 0.983. The lowest BCUT2D eigenvalue weighted by atomic mass is 9.96. The quantitative estimate of drug-likeness (QED) is 0.554. The second-order valence-electron chi connectivity index (χ2n) is 7.72. The minimum absolute atomic E-state index is 0.0367. The number of nitrogens with zero attached hydrogens (tertiary/aromatic N) is 2. The topological polar surface area (TPSA) is 35.6 Å². The third-order valence-electron chi connectivity index (χ3n) is 5.72. The van der Waals surface area contributed by atoms with Crippen molar-refractivity contribution in [3.8, 4) is 0 Å². The first-order chi connectivity index (χ1) is 14.8. The van der Waals surface area contributed by atoms with Crippen LogP contribution in [0.2, 0.25) is 0 Å². The maximum absolute atomic E-state index is 12.0. The van der Waals surface area contributed by atoms with Crippen molar-refractivity contribution in [2.45, 2.75) is 12.5 Å². The molecule has 1 amide bonds. The Hall–Kier alpha value is -2.47. The molecule has 4 rings (SSSR count). The highest BCUT2D eigenvalue weighted by Gasteiger charge is 2.26. The van der Waals surface area contributed by atoms with E-state index in [9.17, 15) is 4.79 Å². The second-order valence-corrected chi connectivity index (χ2v) is 8.50. The van der Waals surface area contributed by atoms with Crippen LogP contribution >= 0.6 is 11.3 Å². The highest BCUT2D eigenvalue weighted by Crippen LogP contribution is 2.29. The number of benzene rings is 2. The van der Waals surface area contributed by atoms with Crippen LogP contribution in [0.15, 0.2) is 77.5 Å². The highest BCUT2D eigenvalue weighted by atomic mass is 32.1. The number of piperazine rings is 1. The highest BCUT2D eigenvalue weighted by molar-refractivity contribution is 7.08. The summed E-state index contributed by atoms with van der Waals surface area (Å²) in [7, 11) is 0. The van der Waals surface area contributed by atoms with Crippen molar-refractivity contribution >= 4 is 17.2 Å². The van der Waals surface area contributed by atoms with Gasteiger partial charge in [-0.3, -0.25) is 9.69 Å². The molecule has 3 aromatic rings. The van der Waals surface area contributed by atoms with Crippen LogP contribution in [0.3, 0.4) is 0 Å². The molecule has 0 aliphatic carbocycles. The van der Waals surface area contributed by atoms with Crippen LogP contribution in [0.25, 0.3) is 0 Å². The SMILES string of the molecule is O=C(NCCCN1CCN(C(c2ccccc2)c2ccccc2)CC1)c1ccsc1. The lowest BCUT2D eigenvalue weighted by Gasteiger charge is -2.39. The molecule has 1 saturated heterocycles. The Morgan fingerprint density at radius 2 is 1.53 bits per heavy atom. The first-order valence-electron chi connectivity index (χ1n) is 10.7. The Labute approximate surface area is 183 Å². The third kappa shape index (κ3) is 5.36. The number of carbonyl (C=O) groups excluding carboxylic acids is 1. The van der Waals surface area contributed by atoms with E-state index in [-0.39, 0.29) is 5.91 Å². The molecule has 0 bridgehead atoms. The maximum Gasteiger partial charge on any atom is 0.252 e. The van der Waals surface area contributed by atoms with Crippen LogP contribution in [0, 0.1) is 0 Å². The number of amides is 1. The number of hydrogen-bond acceptors (Lipinski definition) is 4. The van der Waals surface area contributed by atoms with Gasteiger partial charge in [0.25, 0.3) is 5.91 Å². The summed E-state index contributed by atoms with van der Waals surface area (Å²) in [5.74, 6) is 0.0367. The van der Waals surface area contributed by atoms with Crippen LogP contribution in [0.1, 0.15) is 33.9 Å². The lowest BCUT2D eigenvalue weighted by molar-refractivity contribution is 0.0941. The van der Waals surface area contributed by atoms with Gasteiger partial charge in [0.1, 0.15) is 0 Å². The second kappa shape index (κ2) is 10.5. The van der Waals surface area contributed by atoms with Gasteiger partial charge in [0, 0.05) is 43.7 Å². The third-order valence-corrected chi connectivity index (χ3v) is 6.41. The molecule has 156 valence electrons. The van der Waals surface area contributed by atoms with Crippen LogP contribution in [-0.2, 0) is 0 Å². The van der Waals surface area contributed by atoms with Crippen molar-refractivity contribution in [1.29, 1.82) is 0 Å². The molecule has 1 N–H and O–H groups in total. The van der Waals surface area contributed by atoms with Gasteiger partial charge in [0.15, 0.2) is 0 Å². The fourth-order valence-electron chi connectivity index (χ4n) is 4.13. The smallest absolute Gasteiger partial charge is 0.252 e. The molecule has 1 fully saturated rings. The van der Waals surface area contributed by atoms with Crippen LogP contribution in [0.5, 0.6) is 0 Å². The van der Waals surface area contributed by atoms with Gasteiger partial charge in [-0.25, -0.2) is 0 Å². The lowest BCUT2D eigenvalue weighted by Crippen LogP contribution is -2.48. The van der Waals surface area contributed by atoms with Crippen LogP contribution < -0.4 is 5.32 Å². The maximum atomic E-state index is 12.0. The van der Waals surface area contributed by atoms with Gasteiger partial charge in [-0.1, -0.05) is 60.7 Å². The number of rotatable bonds is 8. The zero-order chi connectivity index (χ0) is 20.6. The van der Waals surface area contributed by atoms with Crippen molar-refractivity contribution in [3.05, 3.63) is 94.2 Å². The molecule has 0 spiro atoms. The number of carbonyl (C=O) groups is 1. The molecule has 0 radical (unpaired) electrons. The predicted octanol–water partition coefficient (Wildman–Crippen LogP) is 4.28. The fourth-order valence-corrected chi connectivity index (χ4v) is 4.77. The van der Waals surface area contributed by atoms with Crippen molar-refractivity contribution in [2.75, 3.05) is 39.3 Å². The molecule has 4 nitrogen and oxygen atoms in total. The van der Waals surface area contributed by atoms with E-state index < -0.39 is 0 Å². The van der Waals surface area contributed by atoms with E-state index in [0.717, 1.165) is 51.3 Å². The normalized spacial score (nSPS) is 15.4. The standard InChI is InChI=1S/C25H29N3OS/c29-25(23-12-19-30-20-23)26-13-7-14-27-15-17-28(18-16-27)24(21-8-3-1-4-9-21)22-10-5-2-6-11-22/h1-6,8-12,19-20,24H,7,13-18H2,(H,26,29). The zero-order valence-corrected chi connectivity index (χ0v) is 18.1. The summed E-state index contributed by atoms with van der Waals surface area (Å²) in [4.78, 5) is 17.1. The van der Waals surface area contributed by atoms with E-state index in [1.807, 2.05) is 16.8 Å². The summed E-state index contributed by atoms with van der Waals surface area (Å²) in [6.45, 7) is 5.99. The fraction of sp³-hybridized carbons (Fsp3) is 0.320. The molecule has 0 unspecified atom stereocenters. The Morgan fingerprint density at radius 3 is 2.10 bits per heavy atom. The molecule has 2 heterocycles. The minimum atomic E-state index is 0.0367. The van der Waals surface area contributed by atoms with Crippen molar-refractivity contribution in [2.24, 2.45) is 0 Å². The largest absolute Gasteiger partial charge is 0.352 e. The van der Waals surface area contributed by atoms with Gasteiger partial charge >= 0.3 is 0 Å². The average molecular weight is 420 g/mol. The van der Waals surface area contributed by atoms with Gasteiger partial charge in [0.2, 0.25) is 0 Å². The van der Waals surface area contributed by atoms with E-state index in [4.69, 9.17) is 0 Å². The molecule has 5 heteroatoms. The van der Waals surface area contributed by atoms with E-state index in [1.54, 1.807) is 11.3 Å². The summed E-state index contributed by atoms with van der Waals surface area (Å²) in [5.41, 5.74) is 3.48. The molecule has 1 aliphatic rings. The van der Waals surface area contributed by atoms with Crippen molar-refractivity contribution in [3.63, 3.8) is 0 Å². The monoisotopic (exact) mass is 419 g/mol. The van der Waals surface area contributed by atoms with Gasteiger partial charge in [0.05, 0.1) is 6.04 Å². The first kappa shape index (κ1) is 20.8. The van der Waals surface area contributed by atoms with Gasteiger partial charge in [-0.15, -0.1) is 0 Å². The van der Waals surface area contributed by atoms with Gasteiger partial charge < -0.3 is 10.2 Å². The van der Waals surface area contributed by atoms with Crippen LogP contribution in [-0.4, -0.2) is 55.0 Å².